The Bertz CT molecular complexity index is 628. The minimum atomic E-state index is 0.670. The van der Waals surface area contributed by atoms with Gasteiger partial charge in [0.1, 0.15) is 0 Å². The van der Waals surface area contributed by atoms with Crippen molar-refractivity contribution in [2.24, 2.45) is 11.8 Å². The Hall–Kier alpha value is -2.08. The van der Waals surface area contributed by atoms with Crippen molar-refractivity contribution in [3.8, 4) is 0 Å². The van der Waals surface area contributed by atoms with Crippen LogP contribution >= 0.6 is 0 Å². The van der Waals surface area contributed by atoms with Crippen molar-refractivity contribution in [1.29, 1.82) is 0 Å². The molecule has 0 nitrogen and oxygen atoms in total. The average Bonchev–Trinajstić information content (AvgIpc) is 2.58. The Morgan fingerprint density at radius 2 is 1.00 bits per heavy atom. The number of allylic oxidation sites excluding steroid dienone is 4. The first-order valence-electron chi connectivity index (χ1n) is 8.37. The molecule has 1 unspecified atom stereocenters. The zero-order chi connectivity index (χ0) is 14.8. The van der Waals surface area contributed by atoms with Crippen LogP contribution in [0.15, 0.2) is 84.0 Å². The first-order chi connectivity index (χ1) is 10.9. The lowest BCUT2D eigenvalue weighted by Gasteiger charge is -2.35. The van der Waals surface area contributed by atoms with Gasteiger partial charge < -0.3 is 0 Å². The highest BCUT2D eigenvalue weighted by Gasteiger charge is 2.29. The molecule has 22 heavy (non-hydrogen) atoms. The Labute approximate surface area is 133 Å². The topological polar surface area (TPSA) is 0 Å². The Kier molecular flexibility index (Phi) is 3.68. The van der Waals surface area contributed by atoms with Gasteiger partial charge in [0, 0.05) is 0 Å². The number of hydrogen-bond donors (Lipinski definition) is 0. The average molecular weight is 286 g/mol. The van der Waals surface area contributed by atoms with Crippen molar-refractivity contribution in [2.75, 3.05) is 0 Å². The van der Waals surface area contributed by atoms with Crippen molar-refractivity contribution >= 4 is 0 Å². The molecule has 0 saturated heterocycles. The molecule has 0 spiro atoms. The molecule has 0 heteroatoms. The molecule has 2 aromatic rings. The standard InChI is InChI=1S/C22H22/c1-3-7-17(8-4-1)13-21-15-20-12-11-19(21)16-22(20)14-18-9-5-2-6-10-18/h1-10,15-16,19-20H,11-14H2/t19-,20?/m1/s1. The van der Waals surface area contributed by atoms with Crippen LogP contribution in [0.25, 0.3) is 0 Å². The molecule has 2 aromatic carbocycles. The fourth-order valence-corrected chi connectivity index (χ4v) is 3.92. The Balaban J connectivity index is 1.50. The normalized spacial score (nSPS) is 23.1. The van der Waals surface area contributed by atoms with Gasteiger partial charge in [0.15, 0.2) is 0 Å². The summed E-state index contributed by atoms with van der Waals surface area (Å²) in [6, 6.07) is 21.8. The van der Waals surface area contributed by atoms with Gasteiger partial charge in [0.25, 0.3) is 0 Å². The molecule has 0 fully saturated rings. The number of fused-ring (bicyclic) bond motifs is 1. The van der Waals surface area contributed by atoms with Crippen molar-refractivity contribution in [3.63, 3.8) is 0 Å². The highest BCUT2D eigenvalue weighted by Crippen LogP contribution is 2.42. The third-order valence-corrected chi connectivity index (χ3v) is 5.07. The van der Waals surface area contributed by atoms with Gasteiger partial charge in [-0.25, -0.2) is 0 Å². The zero-order valence-corrected chi connectivity index (χ0v) is 12.9. The predicted molar refractivity (Wildman–Crippen MR) is 92.7 cm³/mol. The third-order valence-electron chi connectivity index (χ3n) is 5.07. The molecule has 0 amide bonds. The van der Waals surface area contributed by atoms with Crippen LogP contribution in [0.5, 0.6) is 0 Å². The van der Waals surface area contributed by atoms with Crippen molar-refractivity contribution in [1.82, 2.24) is 0 Å². The summed E-state index contributed by atoms with van der Waals surface area (Å²) in [5.74, 6) is 1.34. The van der Waals surface area contributed by atoms with Crippen LogP contribution in [-0.4, -0.2) is 0 Å². The summed E-state index contributed by atoms with van der Waals surface area (Å²) in [6.07, 6.45) is 10.1. The van der Waals surface area contributed by atoms with Crippen LogP contribution in [0.3, 0.4) is 0 Å². The number of rotatable bonds is 4. The van der Waals surface area contributed by atoms with E-state index in [0.29, 0.717) is 11.8 Å². The van der Waals surface area contributed by atoms with Gasteiger partial charge in [-0.3, -0.25) is 0 Å². The molecule has 0 aliphatic heterocycles. The number of hydrogen-bond acceptors (Lipinski definition) is 0. The second kappa shape index (κ2) is 5.96. The predicted octanol–water partition coefficient (Wildman–Crippen LogP) is 5.36. The molecule has 5 rings (SSSR count). The maximum absolute atomic E-state index is 2.57. The van der Waals surface area contributed by atoms with Crippen LogP contribution in [0.1, 0.15) is 24.0 Å². The third kappa shape index (κ3) is 2.78. The summed E-state index contributed by atoms with van der Waals surface area (Å²) < 4.78 is 0. The van der Waals surface area contributed by atoms with Crippen molar-refractivity contribution < 1.29 is 0 Å². The summed E-state index contributed by atoms with van der Waals surface area (Å²) in [6.45, 7) is 0. The SMILES string of the molecule is C1=C(Cc2ccccc2)C2C=C(Cc3ccccc3)[C@@H]1CC2. The molecule has 3 aliphatic carbocycles. The largest absolute Gasteiger partial charge is 0.0772 e. The van der Waals surface area contributed by atoms with E-state index < -0.39 is 0 Å². The lowest BCUT2D eigenvalue weighted by Crippen LogP contribution is -2.23. The molecule has 0 heterocycles. The first-order valence-corrected chi connectivity index (χ1v) is 8.37. The molecule has 0 aromatic heterocycles. The van der Waals surface area contributed by atoms with Crippen LogP contribution in [0.4, 0.5) is 0 Å². The maximum atomic E-state index is 2.57. The molecule has 2 atom stereocenters. The lowest BCUT2D eigenvalue weighted by molar-refractivity contribution is 0.469. The van der Waals surface area contributed by atoms with Gasteiger partial charge in [0.2, 0.25) is 0 Å². The zero-order valence-electron chi connectivity index (χ0n) is 12.9. The molecule has 0 N–H and O–H groups in total. The van der Waals surface area contributed by atoms with Crippen molar-refractivity contribution in [2.45, 2.75) is 25.7 Å². The molecule has 0 saturated carbocycles. The molecule has 110 valence electrons. The van der Waals surface area contributed by atoms with Gasteiger partial charge in [-0.05, 0) is 48.6 Å². The Morgan fingerprint density at radius 3 is 1.36 bits per heavy atom. The van der Waals surface area contributed by atoms with Gasteiger partial charge in [-0.1, -0.05) is 84.0 Å². The van der Waals surface area contributed by atoms with E-state index in [1.165, 1.54) is 24.0 Å². The van der Waals surface area contributed by atoms with E-state index in [1.54, 1.807) is 11.1 Å². The van der Waals surface area contributed by atoms with E-state index in [0.717, 1.165) is 12.8 Å². The smallest absolute Gasteiger partial charge is 0.00164 e. The summed E-state index contributed by atoms with van der Waals surface area (Å²) in [5, 5.41) is 0. The van der Waals surface area contributed by atoms with E-state index in [4.69, 9.17) is 0 Å². The van der Waals surface area contributed by atoms with E-state index >= 15 is 0 Å². The minimum Gasteiger partial charge on any atom is -0.0772 e. The van der Waals surface area contributed by atoms with Gasteiger partial charge in [-0.15, -0.1) is 0 Å². The van der Waals surface area contributed by atoms with E-state index in [-0.39, 0.29) is 0 Å². The molecular formula is C22H22. The summed E-state index contributed by atoms with van der Waals surface area (Å²) >= 11 is 0. The van der Waals surface area contributed by atoms with Crippen LogP contribution in [0.2, 0.25) is 0 Å². The number of benzene rings is 2. The fourth-order valence-electron chi connectivity index (χ4n) is 3.92. The van der Waals surface area contributed by atoms with Gasteiger partial charge in [0.05, 0.1) is 0 Å². The van der Waals surface area contributed by atoms with Gasteiger partial charge in [-0.2, -0.15) is 0 Å². The van der Waals surface area contributed by atoms with E-state index in [9.17, 15) is 0 Å². The van der Waals surface area contributed by atoms with Crippen LogP contribution in [-0.2, 0) is 12.8 Å². The summed E-state index contributed by atoms with van der Waals surface area (Å²) in [4.78, 5) is 0. The molecule has 0 radical (unpaired) electrons. The highest BCUT2D eigenvalue weighted by atomic mass is 14.3. The highest BCUT2D eigenvalue weighted by molar-refractivity contribution is 5.37. The van der Waals surface area contributed by atoms with Gasteiger partial charge >= 0.3 is 0 Å². The van der Waals surface area contributed by atoms with E-state index in [1.807, 2.05) is 0 Å². The minimum absolute atomic E-state index is 0.670. The second-order valence-corrected chi connectivity index (χ2v) is 6.60. The quantitative estimate of drug-likeness (QED) is 0.663. The van der Waals surface area contributed by atoms with E-state index in [2.05, 4.69) is 72.8 Å². The van der Waals surface area contributed by atoms with Crippen LogP contribution in [0, 0.1) is 11.8 Å². The maximum Gasteiger partial charge on any atom is -0.00164 e. The van der Waals surface area contributed by atoms with Crippen LogP contribution < -0.4 is 0 Å². The molecular weight excluding hydrogens is 264 g/mol. The monoisotopic (exact) mass is 286 g/mol. The lowest BCUT2D eigenvalue weighted by atomic mass is 9.70. The summed E-state index contributed by atoms with van der Waals surface area (Å²) in [7, 11) is 0. The van der Waals surface area contributed by atoms with Crippen molar-refractivity contribution in [3.05, 3.63) is 95.1 Å². The fraction of sp³-hybridized carbons (Fsp3) is 0.273. The molecule has 3 aliphatic rings. The Morgan fingerprint density at radius 1 is 0.591 bits per heavy atom. The molecule has 2 bridgehead atoms. The second-order valence-electron chi connectivity index (χ2n) is 6.60. The first kappa shape index (κ1) is 13.6. The summed E-state index contributed by atoms with van der Waals surface area (Å²) in [5.41, 5.74) is 6.16.